The second-order valence-corrected chi connectivity index (χ2v) is 7.68. The van der Waals surface area contributed by atoms with E-state index in [2.05, 4.69) is 10.3 Å². The monoisotopic (exact) mass is 415 g/mol. The number of nitrogens with zero attached hydrogens (tertiary/aromatic N) is 2. The average Bonchev–Trinajstić information content (AvgIpc) is 3.34. The van der Waals surface area contributed by atoms with Crippen LogP contribution in [0.1, 0.15) is 17.5 Å². The summed E-state index contributed by atoms with van der Waals surface area (Å²) in [6.45, 7) is 1.90. The lowest BCUT2D eigenvalue weighted by Gasteiger charge is -2.18. The molecule has 0 radical (unpaired) electrons. The van der Waals surface area contributed by atoms with Gasteiger partial charge in [0.1, 0.15) is 5.82 Å². The van der Waals surface area contributed by atoms with Crippen molar-refractivity contribution in [1.29, 1.82) is 0 Å². The molecule has 8 heteroatoms. The fourth-order valence-electron chi connectivity index (χ4n) is 2.48. The maximum Gasteiger partial charge on any atom is 0.244 e. The summed E-state index contributed by atoms with van der Waals surface area (Å²) < 4.78 is 14.1. The van der Waals surface area contributed by atoms with Gasteiger partial charge in [-0.1, -0.05) is 18.2 Å². The Morgan fingerprint density at radius 2 is 2.04 bits per heavy atom. The molecule has 0 unspecified atom stereocenters. The van der Waals surface area contributed by atoms with Gasteiger partial charge in [0.15, 0.2) is 5.13 Å². The second-order valence-electron chi connectivity index (χ2n) is 5.81. The number of halogens is 1. The number of thiophene rings is 1. The van der Waals surface area contributed by atoms with E-state index in [1.54, 1.807) is 34.9 Å². The number of hydrogen-bond donors (Lipinski definition) is 1. The molecule has 0 bridgehead atoms. The van der Waals surface area contributed by atoms with Gasteiger partial charge in [0, 0.05) is 29.8 Å². The smallest absolute Gasteiger partial charge is 0.244 e. The molecule has 3 rings (SSSR count). The Balaban J connectivity index is 1.63. The predicted octanol–water partition coefficient (Wildman–Crippen LogP) is 4.40. The Morgan fingerprint density at radius 3 is 2.75 bits per heavy atom. The molecule has 0 fully saturated rings. The van der Waals surface area contributed by atoms with Crippen LogP contribution in [-0.2, 0) is 16.0 Å². The number of aromatic nitrogens is 1. The van der Waals surface area contributed by atoms with Crippen molar-refractivity contribution in [3.8, 4) is 0 Å². The van der Waals surface area contributed by atoms with Crippen LogP contribution in [0.15, 0.2) is 53.2 Å². The molecule has 0 aliphatic heterocycles. The first kappa shape index (κ1) is 19.9. The minimum absolute atomic E-state index is 0.145. The van der Waals surface area contributed by atoms with Crippen molar-refractivity contribution in [1.82, 2.24) is 10.3 Å². The number of carbonyl (C=O) groups is 2. The SMILES string of the molecule is CC(=O)N(c1nc(C=CC(=O)NCCc2cccs2)cs1)c1ccccc1F. The number of carbonyl (C=O) groups excluding carboxylic acids is 2. The fraction of sp³-hybridized carbons (Fsp3) is 0.150. The summed E-state index contributed by atoms with van der Waals surface area (Å²) in [5, 5.41) is 6.87. The highest BCUT2D eigenvalue weighted by atomic mass is 32.1. The number of rotatable bonds is 7. The molecule has 144 valence electrons. The lowest BCUT2D eigenvalue weighted by atomic mass is 10.3. The number of para-hydroxylation sites is 1. The minimum Gasteiger partial charge on any atom is -0.352 e. The molecule has 2 heterocycles. The van der Waals surface area contributed by atoms with Crippen LogP contribution >= 0.6 is 22.7 Å². The lowest BCUT2D eigenvalue weighted by Crippen LogP contribution is -2.23. The Kier molecular flexibility index (Phi) is 6.67. The zero-order chi connectivity index (χ0) is 19.9. The zero-order valence-electron chi connectivity index (χ0n) is 15.1. The summed E-state index contributed by atoms with van der Waals surface area (Å²) in [7, 11) is 0. The van der Waals surface area contributed by atoms with Crippen molar-refractivity contribution in [2.75, 3.05) is 11.4 Å². The molecule has 0 aliphatic rings. The number of anilines is 2. The zero-order valence-corrected chi connectivity index (χ0v) is 16.7. The molecule has 0 aliphatic carbocycles. The highest BCUT2D eigenvalue weighted by Crippen LogP contribution is 2.30. The van der Waals surface area contributed by atoms with Crippen molar-refractivity contribution in [3.63, 3.8) is 0 Å². The van der Waals surface area contributed by atoms with Crippen LogP contribution in [-0.4, -0.2) is 23.3 Å². The summed E-state index contributed by atoms with van der Waals surface area (Å²) in [6, 6.07) is 10.0. The van der Waals surface area contributed by atoms with Crippen molar-refractivity contribution in [2.24, 2.45) is 0 Å². The second kappa shape index (κ2) is 9.38. The van der Waals surface area contributed by atoms with Crippen LogP contribution in [0.25, 0.3) is 6.08 Å². The van der Waals surface area contributed by atoms with E-state index in [1.165, 1.54) is 46.2 Å². The van der Waals surface area contributed by atoms with Gasteiger partial charge in [-0.05, 0) is 36.1 Å². The number of hydrogen-bond acceptors (Lipinski definition) is 5. The maximum absolute atomic E-state index is 14.1. The standard InChI is InChI=1S/C20H18FN3O2S2/c1-14(25)24(18-7-3-2-6-17(18)21)20-23-15(13-28-20)8-9-19(26)22-11-10-16-5-4-12-27-16/h2-9,12-13H,10-11H2,1H3,(H,22,26). The van der Waals surface area contributed by atoms with E-state index < -0.39 is 5.82 Å². The third-order valence-electron chi connectivity index (χ3n) is 3.77. The molecule has 2 aromatic heterocycles. The van der Waals surface area contributed by atoms with E-state index in [0.29, 0.717) is 17.4 Å². The van der Waals surface area contributed by atoms with Crippen LogP contribution in [0.5, 0.6) is 0 Å². The molecule has 1 aromatic carbocycles. The quantitative estimate of drug-likeness (QED) is 0.582. The van der Waals surface area contributed by atoms with Gasteiger partial charge in [-0.3, -0.25) is 14.5 Å². The average molecular weight is 416 g/mol. The minimum atomic E-state index is -0.505. The number of amides is 2. The van der Waals surface area contributed by atoms with Crippen molar-refractivity contribution in [3.05, 3.63) is 69.6 Å². The molecule has 0 saturated heterocycles. The lowest BCUT2D eigenvalue weighted by molar-refractivity contribution is -0.117. The van der Waals surface area contributed by atoms with E-state index in [1.807, 2.05) is 17.5 Å². The summed E-state index contributed by atoms with van der Waals surface area (Å²) in [4.78, 5) is 30.7. The van der Waals surface area contributed by atoms with E-state index in [-0.39, 0.29) is 17.5 Å². The largest absolute Gasteiger partial charge is 0.352 e. The van der Waals surface area contributed by atoms with E-state index in [4.69, 9.17) is 0 Å². The predicted molar refractivity (Wildman–Crippen MR) is 111 cm³/mol. The molecule has 0 saturated carbocycles. The van der Waals surface area contributed by atoms with Crippen molar-refractivity contribution in [2.45, 2.75) is 13.3 Å². The molecule has 5 nitrogen and oxygen atoms in total. The third-order valence-corrected chi connectivity index (χ3v) is 5.55. The molecule has 28 heavy (non-hydrogen) atoms. The van der Waals surface area contributed by atoms with Crippen molar-refractivity contribution < 1.29 is 14.0 Å². The molecule has 0 atom stereocenters. The van der Waals surface area contributed by atoms with Crippen LogP contribution in [0.2, 0.25) is 0 Å². The van der Waals surface area contributed by atoms with Gasteiger partial charge in [-0.2, -0.15) is 0 Å². The van der Waals surface area contributed by atoms with Crippen LogP contribution in [0, 0.1) is 5.82 Å². The maximum atomic E-state index is 14.1. The van der Waals surface area contributed by atoms with Gasteiger partial charge in [0.2, 0.25) is 11.8 Å². The first-order valence-electron chi connectivity index (χ1n) is 8.53. The normalized spacial score (nSPS) is 10.9. The number of benzene rings is 1. The summed E-state index contributed by atoms with van der Waals surface area (Å²) in [5.74, 6) is -1.07. The van der Waals surface area contributed by atoms with Gasteiger partial charge in [-0.15, -0.1) is 22.7 Å². The number of thiazole rings is 1. The van der Waals surface area contributed by atoms with Gasteiger partial charge < -0.3 is 5.32 Å². The van der Waals surface area contributed by atoms with E-state index in [9.17, 15) is 14.0 Å². The molecule has 3 aromatic rings. The highest BCUT2D eigenvalue weighted by molar-refractivity contribution is 7.14. The van der Waals surface area contributed by atoms with E-state index in [0.717, 1.165) is 6.42 Å². The molecular weight excluding hydrogens is 397 g/mol. The number of nitrogens with one attached hydrogen (secondary N) is 1. The molecule has 1 N–H and O–H groups in total. The van der Waals surface area contributed by atoms with Crippen molar-refractivity contribution >= 4 is 51.4 Å². The van der Waals surface area contributed by atoms with Crippen LogP contribution < -0.4 is 10.2 Å². The van der Waals surface area contributed by atoms with Gasteiger partial charge in [0.05, 0.1) is 11.4 Å². The highest BCUT2D eigenvalue weighted by Gasteiger charge is 2.20. The first-order chi connectivity index (χ1) is 13.5. The summed E-state index contributed by atoms with van der Waals surface area (Å²) in [5.41, 5.74) is 0.669. The van der Waals surface area contributed by atoms with Gasteiger partial charge in [-0.25, -0.2) is 9.37 Å². The Bertz CT molecular complexity index is 983. The van der Waals surface area contributed by atoms with Gasteiger partial charge >= 0.3 is 0 Å². The summed E-state index contributed by atoms with van der Waals surface area (Å²) >= 11 is 2.86. The fourth-order valence-corrected chi connectivity index (χ4v) is 4.04. The van der Waals surface area contributed by atoms with Crippen LogP contribution in [0.4, 0.5) is 15.2 Å². The van der Waals surface area contributed by atoms with E-state index >= 15 is 0 Å². The Morgan fingerprint density at radius 1 is 1.21 bits per heavy atom. The van der Waals surface area contributed by atoms with Gasteiger partial charge in [0.25, 0.3) is 0 Å². The third kappa shape index (κ3) is 5.11. The Hall–Kier alpha value is -2.84. The molecular formula is C20H18FN3O2S2. The Labute approximate surface area is 170 Å². The summed E-state index contributed by atoms with van der Waals surface area (Å²) in [6.07, 6.45) is 3.75. The first-order valence-corrected chi connectivity index (χ1v) is 10.3. The van der Waals surface area contributed by atoms with Crippen LogP contribution in [0.3, 0.4) is 0 Å². The topological polar surface area (TPSA) is 62.3 Å². The molecule has 0 spiro atoms. The molecule has 2 amide bonds.